The number of benzene rings is 2. The number of carbonyl (C=O) groups is 2. The summed E-state index contributed by atoms with van der Waals surface area (Å²) in [5.74, 6) is -0.134. The fraction of sp³-hybridized carbons (Fsp3) is 0.333. The zero-order valence-corrected chi connectivity index (χ0v) is 15.2. The first-order valence-electron chi connectivity index (χ1n) is 8.91. The zero-order valence-electron chi connectivity index (χ0n) is 15.2. The Labute approximate surface area is 157 Å². The van der Waals surface area contributed by atoms with E-state index < -0.39 is 0 Å². The van der Waals surface area contributed by atoms with E-state index in [0.717, 1.165) is 5.56 Å². The Morgan fingerprint density at radius 2 is 1.81 bits per heavy atom. The first-order valence-corrected chi connectivity index (χ1v) is 8.91. The van der Waals surface area contributed by atoms with Crippen molar-refractivity contribution in [3.8, 4) is 5.75 Å². The lowest BCUT2D eigenvalue weighted by Gasteiger charge is -2.30. The van der Waals surface area contributed by atoms with Crippen LogP contribution in [0.3, 0.4) is 0 Å². The predicted octanol–water partition coefficient (Wildman–Crippen LogP) is 3.43. The zero-order chi connectivity index (χ0) is 19.2. The van der Waals surface area contributed by atoms with Crippen molar-refractivity contribution in [2.75, 3.05) is 20.2 Å². The fourth-order valence-corrected chi connectivity index (χ4v) is 3.13. The SMILES string of the molecule is COC(=O)C1CCN(C(=O)c2cccc(OCc3ccc(F)cc3)c2)CC1. The number of carbonyl (C=O) groups excluding carboxylic acids is 2. The number of ether oxygens (including phenoxy) is 2. The number of hydrogen-bond acceptors (Lipinski definition) is 4. The molecule has 1 aliphatic heterocycles. The molecule has 2 aromatic carbocycles. The van der Waals surface area contributed by atoms with Crippen molar-refractivity contribution in [3.05, 3.63) is 65.5 Å². The Morgan fingerprint density at radius 3 is 2.48 bits per heavy atom. The third kappa shape index (κ3) is 4.84. The highest BCUT2D eigenvalue weighted by Gasteiger charge is 2.28. The summed E-state index contributed by atoms with van der Waals surface area (Å²) in [6, 6.07) is 13.1. The Morgan fingerprint density at radius 1 is 1.11 bits per heavy atom. The van der Waals surface area contributed by atoms with Crippen molar-refractivity contribution < 1.29 is 23.5 Å². The third-order valence-electron chi connectivity index (χ3n) is 4.72. The van der Waals surface area contributed by atoms with Crippen LogP contribution in [-0.2, 0) is 16.1 Å². The fourth-order valence-electron chi connectivity index (χ4n) is 3.13. The van der Waals surface area contributed by atoms with Gasteiger partial charge in [0.25, 0.3) is 5.91 Å². The van der Waals surface area contributed by atoms with Gasteiger partial charge in [-0.05, 0) is 48.7 Å². The van der Waals surface area contributed by atoms with Gasteiger partial charge in [0.15, 0.2) is 0 Å². The Bertz CT molecular complexity index is 798. The molecule has 0 atom stereocenters. The van der Waals surface area contributed by atoms with Crippen LogP contribution in [0.15, 0.2) is 48.5 Å². The molecule has 27 heavy (non-hydrogen) atoms. The minimum atomic E-state index is -0.290. The van der Waals surface area contributed by atoms with Crippen molar-refractivity contribution >= 4 is 11.9 Å². The maximum atomic E-state index is 12.9. The maximum absolute atomic E-state index is 12.9. The van der Waals surface area contributed by atoms with E-state index in [1.807, 2.05) is 0 Å². The highest BCUT2D eigenvalue weighted by Crippen LogP contribution is 2.22. The topological polar surface area (TPSA) is 55.8 Å². The number of esters is 1. The van der Waals surface area contributed by atoms with Gasteiger partial charge >= 0.3 is 5.97 Å². The summed E-state index contributed by atoms with van der Waals surface area (Å²) in [5, 5.41) is 0. The van der Waals surface area contributed by atoms with Crippen molar-refractivity contribution in [2.24, 2.45) is 5.92 Å². The number of methoxy groups -OCH3 is 1. The van der Waals surface area contributed by atoms with E-state index >= 15 is 0 Å². The molecule has 142 valence electrons. The number of hydrogen-bond donors (Lipinski definition) is 0. The summed E-state index contributed by atoms with van der Waals surface area (Å²) in [6.45, 7) is 1.35. The van der Waals surface area contributed by atoms with Gasteiger partial charge in [-0.15, -0.1) is 0 Å². The number of piperidine rings is 1. The molecule has 1 aliphatic rings. The van der Waals surface area contributed by atoms with Crippen LogP contribution in [-0.4, -0.2) is 37.0 Å². The summed E-state index contributed by atoms with van der Waals surface area (Å²) in [5.41, 5.74) is 1.39. The number of nitrogens with zero attached hydrogens (tertiary/aromatic N) is 1. The molecule has 5 nitrogen and oxygen atoms in total. The van der Waals surface area contributed by atoms with E-state index in [-0.39, 0.29) is 23.6 Å². The molecule has 1 amide bonds. The molecule has 0 radical (unpaired) electrons. The first kappa shape index (κ1) is 18.9. The molecule has 2 aromatic rings. The molecule has 0 N–H and O–H groups in total. The Balaban J connectivity index is 1.59. The molecule has 1 saturated heterocycles. The maximum Gasteiger partial charge on any atom is 0.308 e. The van der Waals surface area contributed by atoms with Crippen molar-refractivity contribution in [2.45, 2.75) is 19.4 Å². The van der Waals surface area contributed by atoms with E-state index in [0.29, 0.717) is 43.9 Å². The van der Waals surface area contributed by atoms with Gasteiger partial charge in [-0.1, -0.05) is 18.2 Å². The van der Waals surface area contributed by atoms with Gasteiger partial charge in [-0.3, -0.25) is 9.59 Å². The van der Waals surface area contributed by atoms with E-state index in [4.69, 9.17) is 9.47 Å². The van der Waals surface area contributed by atoms with E-state index in [2.05, 4.69) is 0 Å². The van der Waals surface area contributed by atoms with Crippen LogP contribution in [0, 0.1) is 11.7 Å². The molecule has 0 spiro atoms. The largest absolute Gasteiger partial charge is 0.489 e. The molecule has 1 heterocycles. The summed E-state index contributed by atoms with van der Waals surface area (Å²) >= 11 is 0. The normalized spacial score (nSPS) is 14.7. The average molecular weight is 371 g/mol. The van der Waals surface area contributed by atoms with Gasteiger partial charge in [0.1, 0.15) is 18.2 Å². The van der Waals surface area contributed by atoms with Crippen molar-refractivity contribution in [1.82, 2.24) is 4.90 Å². The van der Waals surface area contributed by atoms with Crippen LogP contribution in [0.4, 0.5) is 4.39 Å². The van der Waals surface area contributed by atoms with Crippen molar-refractivity contribution in [1.29, 1.82) is 0 Å². The molecule has 0 saturated carbocycles. The van der Waals surface area contributed by atoms with Gasteiger partial charge in [0.2, 0.25) is 0 Å². The van der Waals surface area contributed by atoms with E-state index in [1.165, 1.54) is 19.2 Å². The Hall–Kier alpha value is -2.89. The minimum Gasteiger partial charge on any atom is -0.489 e. The second-order valence-electron chi connectivity index (χ2n) is 6.53. The van der Waals surface area contributed by atoms with Crippen LogP contribution in [0.2, 0.25) is 0 Å². The van der Waals surface area contributed by atoms with Gasteiger partial charge in [-0.25, -0.2) is 4.39 Å². The summed E-state index contributed by atoms with van der Waals surface area (Å²) in [6.07, 6.45) is 1.22. The molecule has 0 bridgehead atoms. The summed E-state index contributed by atoms with van der Waals surface area (Å²) in [4.78, 5) is 26.1. The highest BCUT2D eigenvalue weighted by molar-refractivity contribution is 5.94. The van der Waals surface area contributed by atoms with Crippen LogP contribution in [0.1, 0.15) is 28.8 Å². The number of amides is 1. The minimum absolute atomic E-state index is 0.0782. The molecular weight excluding hydrogens is 349 g/mol. The lowest BCUT2D eigenvalue weighted by atomic mass is 9.96. The molecule has 0 aliphatic carbocycles. The van der Waals surface area contributed by atoms with Crippen LogP contribution in [0.5, 0.6) is 5.75 Å². The molecule has 1 fully saturated rings. The highest BCUT2D eigenvalue weighted by atomic mass is 19.1. The molecule has 0 aromatic heterocycles. The van der Waals surface area contributed by atoms with Crippen LogP contribution < -0.4 is 4.74 Å². The third-order valence-corrected chi connectivity index (χ3v) is 4.72. The second kappa shape index (κ2) is 8.66. The van der Waals surface area contributed by atoms with Gasteiger partial charge in [0.05, 0.1) is 13.0 Å². The molecular formula is C21H22FNO4. The van der Waals surface area contributed by atoms with Gasteiger partial charge in [-0.2, -0.15) is 0 Å². The second-order valence-corrected chi connectivity index (χ2v) is 6.53. The first-order chi connectivity index (χ1) is 13.1. The van der Waals surface area contributed by atoms with Gasteiger partial charge < -0.3 is 14.4 Å². The lowest BCUT2D eigenvalue weighted by molar-refractivity contribution is -0.146. The summed E-state index contributed by atoms with van der Waals surface area (Å²) in [7, 11) is 1.39. The quantitative estimate of drug-likeness (QED) is 0.756. The average Bonchev–Trinajstić information content (AvgIpc) is 2.72. The predicted molar refractivity (Wildman–Crippen MR) is 97.8 cm³/mol. The van der Waals surface area contributed by atoms with E-state index in [9.17, 15) is 14.0 Å². The number of likely N-dealkylation sites (tertiary alicyclic amines) is 1. The Kier molecular flexibility index (Phi) is 6.06. The van der Waals surface area contributed by atoms with Crippen LogP contribution in [0.25, 0.3) is 0 Å². The van der Waals surface area contributed by atoms with Gasteiger partial charge in [0, 0.05) is 18.7 Å². The standard InChI is InChI=1S/C21H22FNO4/c1-26-21(25)16-9-11-23(12-10-16)20(24)17-3-2-4-19(13-17)27-14-15-5-7-18(22)8-6-15/h2-8,13,16H,9-12,14H2,1H3. The smallest absolute Gasteiger partial charge is 0.308 e. The summed E-state index contributed by atoms with van der Waals surface area (Å²) < 4.78 is 23.4. The van der Waals surface area contributed by atoms with E-state index in [1.54, 1.807) is 41.3 Å². The lowest BCUT2D eigenvalue weighted by Crippen LogP contribution is -2.40. The monoisotopic (exact) mass is 371 g/mol. The molecule has 0 unspecified atom stereocenters. The molecule has 3 rings (SSSR count). The number of rotatable bonds is 5. The van der Waals surface area contributed by atoms with Crippen LogP contribution >= 0.6 is 0 Å². The van der Waals surface area contributed by atoms with Crippen molar-refractivity contribution in [3.63, 3.8) is 0 Å². The number of halogens is 1. The molecule has 6 heteroatoms.